The molecule has 0 rings (SSSR count). The zero-order valence-corrected chi connectivity index (χ0v) is 5.14. The van der Waals surface area contributed by atoms with E-state index in [1.165, 1.54) is 0 Å². The second-order valence-corrected chi connectivity index (χ2v) is 2.44. The minimum absolute atomic E-state index is 0.179. The Morgan fingerprint density at radius 3 is 2.50 bits per heavy atom. The molecule has 0 aliphatic rings. The average Bonchev–Trinajstić information content (AvgIpc) is 1.65. The summed E-state index contributed by atoms with van der Waals surface area (Å²) in [6.45, 7) is -0.179. The Bertz CT molecular complexity index is 89.4. The quantitative estimate of drug-likeness (QED) is 0.543. The van der Waals surface area contributed by atoms with Gasteiger partial charge in [-0.25, -0.2) is 4.39 Å². The molecule has 1 unspecified atom stereocenters. The summed E-state index contributed by atoms with van der Waals surface area (Å²) in [4.78, 5) is 8.07. The zero-order chi connectivity index (χ0) is 6.57. The van der Waals surface area contributed by atoms with Gasteiger partial charge in [-0.15, -0.1) is 0 Å². The highest BCUT2D eigenvalue weighted by molar-refractivity contribution is 7.38. The predicted octanol–water partition coefficient (Wildman–Crippen LogP) is 0.0179. The molecule has 8 heavy (non-hydrogen) atoms. The molecule has 2 atom stereocenters. The predicted molar refractivity (Wildman–Crippen MR) is 28.6 cm³/mol. The smallest absolute Gasteiger partial charge is 0.328 e. The fourth-order valence-corrected chi connectivity index (χ4v) is 0.732. The fourth-order valence-electron chi connectivity index (χ4n) is 0.244. The van der Waals surface area contributed by atoms with Gasteiger partial charge in [0.1, 0.15) is 0 Å². The van der Waals surface area contributed by atoms with Crippen molar-refractivity contribution in [2.24, 2.45) is 5.73 Å². The molecule has 0 aromatic carbocycles. The Labute approximate surface area is 47.6 Å². The van der Waals surface area contributed by atoms with Crippen LogP contribution in [0.3, 0.4) is 0 Å². The van der Waals surface area contributed by atoms with Gasteiger partial charge in [-0.1, -0.05) is 0 Å². The van der Waals surface area contributed by atoms with Crippen LogP contribution in [-0.4, -0.2) is 23.8 Å². The summed E-state index contributed by atoms with van der Waals surface area (Å²) in [6, 6.07) is 0. The molecule has 48 valence electrons. The Balaban J connectivity index is 3.24. The van der Waals surface area contributed by atoms with E-state index in [2.05, 4.69) is 0 Å². The van der Waals surface area contributed by atoms with Gasteiger partial charge in [0, 0.05) is 6.54 Å². The van der Waals surface area contributed by atoms with Crippen LogP contribution in [-0.2, 0) is 4.57 Å². The van der Waals surface area contributed by atoms with Crippen LogP contribution in [0.1, 0.15) is 0 Å². The van der Waals surface area contributed by atoms with Crippen molar-refractivity contribution in [2.75, 3.05) is 12.7 Å². The van der Waals surface area contributed by atoms with Gasteiger partial charge in [-0.3, -0.25) is 0 Å². The summed E-state index contributed by atoms with van der Waals surface area (Å²) in [6.07, 6.45) is -1.67. The van der Waals surface area contributed by atoms with Gasteiger partial charge in [-0.05, 0) is 4.57 Å². The molecule has 0 aliphatic heterocycles. The molecule has 0 bridgehead atoms. The molecule has 5 heteroatoms. The maximum atomic E-state index is 11.9. The van der Waals surface area contributed by atoms with E-state index in [4.69, 9.17) is 10.6 Å². The summed E-state index contributed by atoms with van der Waals surface area (Å²) < 4.78 is 21.7. The van der Waals surface area contributed by atoms with Gasteiger partial charge >= 0.3 is 8.03 Å². The molecule has 0 aliphatic carbocycles. The first-order valence-corrected chi connectivity index (χ1v) is 3.54. The van der Waals surface area contributed by atoms with Crippen LogP contribution in [0.2, 0.25) is 0 Å². The van der Waals surface area contributed by atoms with Crippen molar-refractivity contribution in [3.63, 3.8) is 0 Å². The minimum Gasteiger partial charge on any atom is -0.328 e. The van der Waals surface area contributed by atoms with E-state index < -0.39 is 14.2 Å². The van der Waals surface area contributed by atoms with Crippen molar-refractivity contribution in [3.05, 3.63) is 0 Å². The minimum atomic E-state index is -2.35. The molecule has 0 aromatic heterocycles. The molecule has 0 heterocycles. The third-order valence-corrected chi connectivity index (χ3v) is 1.32. The maximum absolute atomic E-state index is 11.9. The second-order valence-electron chi connectivity index (χ2n) is 1.37. The number of hydrogen-bond acceptors (Lipinski definition) is 2. The van der Waals surface area contributed by atoms with Crippen LogP contribution >= 0.6 is 8.03 Å². The number of rotatable bonds is 3. The largest absolute Gasteiger partial charge is 0.508 e. The Morgan fingerprint density at radius 1 is 1.88 bits per heavy atom. The van der Waals surface area contributed by atoms with Crippen LogP contribution in [0.5, 0.6) is 0 Å². The van der Waals surface area contributed by atoms with Crippen LogP contribution < -0.4 is 5.73 Å². The van der Waals surface area contributed by atoms with Gasteiger partial charge in [-0.2, -0.15) is 4.89 Å². The van der Waals surface area contributed by atoms with Gasteiger partial charge in [0.2, 0.25) is 6.16 Å². The first kappa shape index (κ1) is 7.95. The summed E-state index contributed by atoms with van der Waals surface area (Å²) in [5, 5.41) is 0. The second kappa shape index (κ2) is 3.89. The lowest BCUT2D eigenvalue weighted by molar-refractivity contribution is 0.364. The van der Waals surface area contributed by atoms with E-state index >= 15 is 0 Å². The number of nitrogens with two attached hydrogens (primary N) is 1. The Hall–Kier alpha value is -0.0500. The molecule has 3 N–H and O–H groups in total. The normalized spacial score (nSPS) is 15.6. The average molecular weight is 140 g/mol. The molecular weight excluding hydrogens is 132 g/mol. The highest BCUT2D eigenvalue weighted by atomic mass is 31.1. The van der Waals surface area contributed by atoms with Gasteiger partial charge < -0.3 is 5.73 Å². The molecule has 0 radical (unpaired) electrons. The number of hydrogen-bond donors (Lipinski definition) is 2. The molecule has 0 fully saturated rings. The highest BCUT2D eigenvalue weighted by Crippen LogP contribution is 2.14. The van der Waals surface area contributed by atoms with Crippen molar-refractivity contribution in [1.82, 2.24) is 0 Å². The molecule has 0 saturated carbocycles. The van der Waals surface area contributed by atoms with Crippen molar-refractivity contribution >= 4 is 8.03 Å². The summed E-state index contributed by atoms with van der Waals surface area (Å²) in [5.41, 5.74) is 4.81. The monoisotopic (exact) mass is 140 g/mol. The van der Waals surface area contributed by atoms with Crippen LogP contribution in [0.15, 0.2) is 0 Å². The molecule has 0 aromatic rings. The Kier molecular flexibility index (Phi) is 3.87. The topological polar surface area (TPSA) is 63.3 Å². The van der Waals surface area contributed by atoms with Crippen LogP contribution in [0, 0.1) is 0 Å². The lowest BCUT2D eigenvalue weighted by atomic mass is 10.5. The Morgan fingerprint density at radius 2 is 2.38 bits per heavy atom. The van der Waals surface area contributed by atoms with Crippen molar-refractivity contribution in [1.29, 1.82) is 0 Å². The first-order valence-electron chi connectivity index (χ1n) is 2.14. The van der Waals surface area contributed by atoms with Gasteiger partial charge in [0.25, 0.3) is 0 Å². The SMILES string of the molecule is NC[C@H](F)C[P+](=O)O. The highest BCUT2D eigenvalue weighted by Gasteiger charge is 2.18. The number of alkyl halides is 1. The lowest BCUT2D eigenvalue weighted by Gasteiger charge is -1.90. The van der Waals surface area contributed by atoms with Gasteiger partial charge in [0.05, 0.1) is 0 Å². The lowest BCUT2D eigenvalue weighted by Crippen LogP contribution is -2.17. The fraction of sp³-hybridized carbons (Fsp3) is 1.00. The molecule has 0 spiro atoms. The van der Waals surface area contributed by atoms with E-state index in [1.54, 1.807) is 0 Å². The van der Waals surface area contributed by atoms with Crippen LogP contribution in [0.4, 0.5) is 4.39 Å². The van der Waals surface area contributed by atoms with Crippen molar-refractivity contribution in [3.8, 4) is 0 Å². The van der Waals surface area contributed by atoms with E-state index in [9.17, 15) is 8.96 Å². The molecule has 0 amide bonds. The molecule has 0 saturated heterocycles. The van der Waals surface area contributed by atoms with Crippen molar-refractivity contribution < 1.29 is 13.8 Å². The third kappa shape index (κ3) is 4.12. The first-order chi connectivity index (χ1) is 3.66. The third-order valence-electron chi connectivity index (χ3n) is 0.610. The zero-order valence-electron chi connectivity index (χ0n) is 4.25. The van der Waals surface area contributed by atoms with E-state index in [0.717, 1.165) is 0 Å². The summed E-state index contributed by atoms with van der Waals surface area (Å²) in [7, 11) is -2.35. The van der Waals surface area contributed by atoms with E-state index in [0.29, 0.717) is 0 Å². The maximum Gasteiger partial charge on any atom is 0.508 e. The van der Waals surface area contributed by atoms with E-state index in [1.807, 2.05) is 0 Å². The number of halogens is 1. The van der Waals surface area contributed by atoms with Crippen LogP contribution in [0.25, 0.3) is 0 Å². The summed E-state index contributed by atoms with van der Waals surface area (Å²) >= 11 is 0. The van der Waals surface area contributed by atoms with Gasteiger partial charge in [0.15, 0.2) is 6.17 Å². The summed E-state index contributed by atoms with van der Waals surface area (Å²) in [5.74, 6) is 0. The molecular formula is C3H8FNO2P+. The van der Waals surface area contributed by atoms with Crippen molar-refractivity contribution in [2.45, 2.75) is 6.17 Å². The standard InChI is InChI=1S/C3H7FNO2P/c4-3(1-5)2-8(6)7/h3H,1-2,5H2/p+1/t3-/m0/s1. The molecule has 3 nitrogen and oxygen atoms in total. The van der Waals surface area contributed by atoms with E-state index in [-0.39, 0.29) is 12.7 Å².